The maximum Gasteiger partial charge on any atom is 0.135 e. The molecule has 3 N–H and O–H groups in total. The number of nitrogens with zero attached hydrogens (tertiary/aromatic N) is 2. The Morgan fingerprint density at radius 3 is 2.65 bits per heavy atom. The summed E-state index contributed by atoms with van der Waals surface area (Å²) in [5.74, 6) is 4.64. The maximum atomic E-state index is 5.78. The van der Waals surface area contributed by atoms with E-state index in [1.807, 2.05) is 11.8 Å². The third-order valence-electron chi connectivity index (χ3n) is 2.25. The lowest BCUT2D eigenvalue weighted by Crippen LogP contribution is -2.19. The highest BCUT2D eigenvalue weighted by Crippen LogP contribution is 2.16. The van der Waals surface area contributed by atoms with Gasteiger partial charge in [-0.15, -0.1) is 0 Å². The van der Waals surface area contributed by atoms with E-state index in [1.54, 1.807) is 6.07 Å². The highest BCUT2D eigenvalue weighted by Gasteiger charge is 2.08. The molecule has 0 aliphatic rings. The first kappa shape index (κ1) is 14.1. The van der Waals surface area contributed by atoms with Crippen LogP contribution in [-0.4, -0.2) is 27.5 Å². The van der Waals surface area contributed by atoms with Gasteiger partial charge in [0.25, 0.3) is 0 Å². The van der Waals surface area contributed by atoms with Gasteiger partial charge in [-0.05, 0) is 12.7 Å². The molecule has 0 aromatic carbocycles. The average molecular weight is 254 g/mol. The van der Waals surface area contributed by atoms with Crippen LogP contribution in [0, 0.1) is 0 Å². The van der Waals surface area contributed by atoms with Crippen LogP contribution in [-0.2, 0) is 0 Å². The number of hydrogen-bond acceptors (Lipinski definition) is 5. The second kappa shape index (κ2) is 6.69. The van der Waals surface area contributed by atoms with Gasteiger partial charge in [-0.25, -0.2) is 9.97 Å². The molecular formula is C12H22N4S. The van der Waals surface area contributed by atoms with Gasteiger partial charge in [0.1, 0.15) is 17.5 Å². The number of nitrogens with one attached hydrogen (secondary N) is 1. The Hall–Kier alpha value is -0.970. The topological polar surface area (TPSA) is 63.8 Å². The van der Waals surface area contributed by atoms with Crippen molar-refractivity contribution >= 4 is 23.4 Å². The van der Waals surface area contributed by atoms with Crippen molar-refractivity contribution in [1.82, 2.24) is 9.97 Å². The number of thioether (sulfide) groups is 1. The van der Waals surface area contributed by atoms with Crippen LogP contribution in [0.25, 0.3) is 0 Å². The van der Waals surface area contributed by atoms with E-state index < -0.39 is 0 Å². The van der Waals surface area contributed by atoms with Crippen LogP contribution in [0.2, 0.25) is 0 Å². The largest absolute Gasteiger partial charge is 0.384 e. The molecule has 0 saturated carbocycles. The zero-order valence-corrected chi connectivity index (χ0v) is 11.8. The zero-order chi connectivity index (χ0) is 12.8. The van der Waals surface area contributed by atoms with Crippen molar-refractivity contribution in [2.75, 3.05) is 22.6 Å². The SMILES string of the molecule is CCSCC(C)Nc1cc(N)nc(C(C)C)n1. The predicted octanol–water partition coefficient (Wildman–Crippen LogP) is 2.74. The highest BCUT2D eigenvalue weighted by molar-refractivity contribution is 7.99. The molecule has 1 rings (SSSR count). The van der Waals surface area contributed by atoms with Gasteiger partial charge in [-0.2, -0.15) is 11.8 Å². The van der Waals surface area contributed by atoms with Crippen molar-refractivity contribution in [3.8, 4) is 0 Å². The second-order valence-corrected chi connectivity index (χ2v) is 5.71. The molecule has 0 amide bonds. The molecule has 1 aromatic heterocycles. The van der Waals surface area contributed by atoms with Crippen LogP contribution in [0.3, 0.4) is 0 Å². The van der Waals surface area contributed by atoms with Crippen molar-refractivity contribution in [3.63, 3.8) is 0 Å². The maximum absolute atomic E-state index is 5.78. The van der Waals surface area contributed by atoms with Crippen LogP contribution < -0.4 is 11.1 Å². The minimum absolute atomic E-state index is 0.291. The van der Waals surface area contributed by atoms with Crippen LogP contribution in [0.1, 0.15) is 39.4 Å². The molecule has 1 unspecified atom stereocenters. The predicted molar refractivity (Wildman–Crippen MR) is 76.6 cm³/mol. The summed E-state index contributed by atoms with van der Waals surface area (Å²) in [6.07, 6.45) is 0. The highest BCUT2D eigenvalue weighted by atomic mass is 32.2. The molecule has 0 aliphatic heterocycles. The summed E-state index contributed by atoms with van der Waals surface area (Å²) in [6.45, 7) is 8.44. The van der Waals surface area contributed by atoms with E-state index in [0.29, 0.717) is 17.8 Å². The molecule has 0 aliphatic carbocycles. The van der Waals surface area contributed by atoms with Crippen molar-refractivity contribution in [2.24, 2.45) is 0 Å². The molecule has 4 nitrogen and oxygen atoms in total. The van der Waals surface area contributed by atoms with Crippen LogP contribution >= 0.6 is 11.8 Å². The fraction of sp³-hybridized carbons (Fsp3) is 0.667. The first-order chi connectivity index (χ1) is 8.02. The van der Waals surface area contributed by atoms with Gasteiger partial charge >= 0.3 is 0 Å². The summed E-state index contributed by atoms with van der Waals surface area (Å²) >= 11 is 1.91. The molecule has 0 fully saturated rings. The van der Waals surface area contributed by atoms with E-state index >= 15 is 0 Å². The third kappa shape index (κ3) is 4.81. The smallest absolute Gasteiger partial charge is 0.135 e. The summed E-state index contributed by atoms with van der Waals surface area (Å²) in [6, 6.07) is 2.17. The quantitative estimate of drug-likeness (QED) is 0.817. The summed E-state index contributed by atoms with van der Waals surface area (Å²) in [5.41, 5.74) is 5.78. The van der Waals surface area contributed by atoms with Gasteiger partial charge in [0.15, 0.2) is 0 Å². The first-order valence-corrected chi connectivity index (χ1v) is 7.17. The van der Waals surface area contributed by atoms with Crippen LogP contribution in [0.5, 0.6) is 0 Å². The van der Waals surface area contributed by atoms with Gasteiger partial charge in [-0.3, -0.25) is 0 Å². The molecule has 96 valence electrons. The van der Waals surface area contributed by atoms with Crippen molar-refractivity contribution in [3.05, 3.63) is 11.9 Å². The molecule has 0 radical (unpaired) electrons. The van der Waals surface area contributed by atoms with Crippen LogP contribution in [0.15, 0.2) is 6.07 Å². The van der Waals surface area contributed by atoms with Gasteiger partial charge in [-0.1, -0.05) is 20.8 Å². The number of nitrogen functional groups attached to an aromatic ring is 1. The number of nitrogens with two attached hydrogens (primary N) is 1. The van der Waals surface area contributed by atoms with Gasteiger partial charge in [0.2, 0.25) is 0 Å². The van der Waals surface area contributed by atoms with E-state index in [1.165, 1.54) is 0 Å². The molecule has 1 atom stereocenters. The number of aromatic nitrogens is 2. The Labute approximate surface area is 108 Å². The van der Waals surface area contributed by atoms with E-state index in [4.69, 9.17) is 5.73 Å². The Bertz CT molecular complexity index is 354. The summed E-state index contributed by atoms with van der Waals surface area (Å²) < 4.78 is 0. The fourth-order valence-electron chi connectivity index (χ4n) is 1.41. The lowest BCUT2D eigenvalue weighted by molar-refractivity contribution is 0.773. The summed E-state index contributed by atoms with van der Waals surface area (Å²) in [4.78, 5) is 8.69. The van der Waals surface area contributed by atoms with E-state index in [9.17, 15) is 0 Å². The van der Waals surface area contributed by atoms with Crippen molar-refractivity contribution in [1.29, 1.82) is 0 Å². The average Bonchev–Trinajstić information content (AvgIpc) is 2.25. The minimum atomic E-state index is 0.291. The summed E-state index contributed by atoms with van der Waals surface area (Å²) in [7, 11) is 0. The summed E-state index contributed by atoms with van der Waals surface area (Å²) in [5, 5.41) is 3.36. The normalized spacial score (nSPS) is 12.8. The standard InChI is InChI=1S/C12H22N4S/c1-5-17-7-9(4)14-11-6-10(13)15-12(16-11)8(2)3/h6,8-9H,5,7H2,1-4H3,(H3,13,14,15,16). The lowest BCUT2D eigenvalue weighted by Gasteiger charge is -2.15. The molecule has 0 saturated heterocycles. The van der Waals surface area contributed by atoms with Gasteiger partial charge in [0.05, 0.1) is 0 Å². The second-order valence-electron chi connectivity index (χ2n) is 4.40. The van der Waals surface area contributed by atoms with Crippen molar-refractivity contribution < 1.29 is 0 Å². The molecule has 17 heavy (non-hydrogen) atoms. The Balaban J connectivity index is 2.70. The van der Waals surface area contributed by atoms with Gasteiger partial charge < -0.3 is 11.1 Å². The monoisotopic (exact) mass is 254 g/mol. The number of rotatable bonds is 6. The van der Waals surface area contributed by atoms with E-state index in [-0.39, 0.29) is 0 Å². The number of hydrogen-bond donors (Lipinski definition) is 2. The van der Waals surface area contributed by atoms with E-state index in [0.717, 1.165) is 23.1 Å². The van der Waals surface area contributed by atoms with E-state index in [2.05, 4.69) is 43.0 Å². The molecule has 0 spiro atoms. The third-order valence-corrected chi connectivity index (χ3v) is 3.39. The molecule has 0 bridgehead atoms. The first-order valence-electron chi connectivity index (χ1n) is 6.01. The van der Waals surface area contributed by atoms with Crippen molar-refractivity contribution in [2.45, 2.75) is 39.7 Å². The Morgan fingerprint density at radius 1 is 1.35 bits per heavy atom. The Morgan fingerprint density at radius 2 is 2.06 bits per heavy atom. The number of anilines is 2. The molecule has 5 heteroatoms. The Kier molecular flexibility index (Phi) is 5.55. The molecule has 1 heterocycles. The molecule has 1 aromatic rings. The minimum Gasteiger partial charge on any atom is -0.384 e. The zero-order valence-electron chi connectivity index (χ0n) is 11.0. The fourth-order valence-corrected chi connectivity index (χ4v) is 2.08. The van der Waals surface area contributed by atoms with Crippen LogP contribution in [0.4, 0.5) is 11.6 Å². The van der Waals surface area contributed by atoms with Gasteiger partial charge in [0, 0.05) is 23.8 Å². The molecular weight excluding hydrogens is 232 g/mol. The lowest BCUT2D eigenvalue weighted by atomic mass is 10.2.